The average Bonchev–Trinajstić information content (AvgIpc) is 1.34. The van der Waals surface area contributed by atoms with Gasteiger partial charge in [-0.2, -0.15) is 17.6 Å². The van der Waals surface area contributed by atoms with Crippen molar-refractivity contribution in [3.63, 3.8) is 0 Å². The molecule has 0 amide bonds. The smallest absolute Gasteiger partial charge is 0.255 e. The second-order valence-corrected chi connectivity index (χ2v) is 29.6. The Balaban J connectivity index is 0.000000105. The molecule has 0 aliphatic carbocycles. The normalized spacial score (nSPS) is 12.0. The highest BCUT2D eigenvalue weighted by Gasteiger charge is 2.31. The van der Waals surface area contributed by atoms with Crippen LogP contribution in [0, 0.1) is 27.7 Å². The predicted octanol–water partition coefficient (Wildman–Crippen LogP) is 20.2. The predicted molar refractivity (Wildman–Crippen MR) is 450 cm³/mol. The van der Waals surface area contributed by atoms with Crippen molar-refractivity contribution in [1.82, 2.24) is 37.7 Å². The molecule has 12 heterocycles. The number of rotatable bonds is 8. The van der Waals surface area contributed by atoms with Crippen LogP contribution in [0.15, 0.2) is 194 Å². The van der Waals surface area contributed by atoms with Crippen LogP contribution in [0.5, 0.6) is 0 Å². The third-order valence-corrected chi connectivity index (χ3v) is 23.6. The summed E-state index contributed by atoms with van der Waals surface area (Å²) in [6.07, 6.45) is 12.0. The number of aryl methyl sites for hydroxylation is 16. The van der Waals surface area contributed by atoms with Crippen LogP contribution >= 0.6 is 0 Å². The highest BCUT2D eigenvalue weighted by Crippen LogP contribution is 2.40. The molecule has 536 valence electrons. The summed E-state index contributed by atoms with van der Waals surface area (Å²) in [6, 6.07) is 66.4. The molecule has 12 aromatic heterocycles. The Morgan fingerprint density at radius 3 is 1.31 bits per heavy atom. The molecular formula is C96H96N12+4. The molecule has 20 rings (SSSR count). The summed E-state index contributed by atoms with van der Waals surface area (Å²) < 4.78 is 19.0. The molecule has 0 saturated heterocycles. The van der Waals surface area contributed by atoms with Gasteiger partial charge in [0.15, 0.2) is 44.1 Å². The molecule has 0 saturated carbocycles. The van der Waals surface area contributed by atoms with Crippen LogP contribution < -0.4 is 18.1 Å². The second-order valence-electron chi connectivity index (χ2n) is 29.6. The highest BCUT2D eigenvalue weighted by molar-refractivity contribution is 6.16. The number of imidazole rings is 4. The van der Waals surface area contributed by atoms with E-state index >= 15 is 0 Å². The minimum atomic E-state index is 0.950. The standard InChI is InChI=1S/4C24H24N3/c1-5-16-11-12-20-21(14-16)26(4)24-22-15(3)13-17(6-2)25-23(22)18-9-7-8-10-19(18)27(20)24;1-5-16-11-12-20-21(14-16)27-19-10-8-7-9-18(19)23-22(24(27)26(20)4)15(3)13-17(6-2)25-23;1-5-16-13-17(6-2)22-20(14-16)27-19-10-8-7-9-18(19)26(4)24(27)21-15(3)11-12-25-23(21)22;1-5-16-11-12-20-22(17(16)6-2)23-21(15(3)13-14-25-23)24-26(4)18-9-7-8-10-19(18)27(20)24/h4*7-14H,5-6H2,1-4H3/q4*+1. The quantitative estimate of drug-likeness (QED) is 0.112. The van der Waals surface area contributed by atoms with Gasteiger partial charge in [-0.3, -0.25) is 19.9 Å². The maximum absolute atomic E-state index is 5.05. The van der Waals surface area contributed by atoms with Gasteiger partial charge in [0.25, 0.3) is 22.6 Å². The fraction of sp³-hybridized carbons (Fsp3) is 0.250. The summed E-state index contributed by atoms with van der Waals surface area (Å²) in [5.41, 5.74) is 40.1. The van der Waals surface area contributed by atoms with Crippen LogP contribution in [-0.2, 0) is 79.6 Å². The first-order valence-electron chi connectivity index (χ1n) is 39.1. The fourth-order valence-electron chi connectivity index (χ4n) is 18.1. The lowest BCUT2D eigenvalue weighted by Gasteiger charge is -2.13. The Bertz CT molecular complexity index is 7090. The number of para-hydroxylation sites is 6. The second kappa shape index (κ2) is 27.2. The first-order valence-corrected chi connectivity index (χ1v) is 39.1. The summed E-state index contributed by atoms with van der Waals surface area (Å²) in [5.74, 6) is 0. The molecule has 108 heavy (non-hydrogen) atoms. The summed E-state index contributed by atoms with van der Waals surface area (Å²) in [4.78, 5) is 19.9. The number of pyridine rings is 8. The van der Waals surface area contributed by atoms with E-state index in [0.717, 1.165) is 84.8 Å². The molecule has 12 heteroatoms. The van der Waals surface area contributed by atoms with E-state index in [9.17, 15) is 0 Å². The maximum atomic E-state index is 5.05. The molecule has 0 unspecified atom stereocenters. The third kappa shape index (κ3) is 10.5. The topological polar surface area (TPSA) is 85.5 Å². The molecule has 0 N–H and O–H groups in total. The van der Waals surface area contributed by atoms with Crippen LogP contribution in [0.2, 0.25) is 0 Å². The number of hydrogen-bond acceptors (Lipinski definition) is 4. The van der Waals surface area contributed by atoms with Gasteiger partial charge in [0, 0.05) is 34.6 Å². The molecular weight excluding hydrogens is 1320 g/mol. The molecule has 12 nitrogen and oxygen atoms in total. The van der Waals surface area contributed by atoms with Gasteiger partial charge in [-0.05, 0) is 244 Å². The van der Waals surface area contributed by atoms with E-state index in [1.807, 2.05) is 12.4 Å². The summed E-state index contributed by atoms with van der Waals surface area (Å²) in [6.45, 7) is 26.6. The minimum Gasteiger partial charge on any atom is -0.255 e. The number of fused-ring (bicyclic) bond motifs is 32. The van der Waals surface area contributed by atoms with Gasteiger partial charge in [0.1, 0.15) is 22.1 Å². The van der Waals surface area contributed by atoms with Crippen molar-refractivity contribution in [2.75, 3.05) is 0 Å². The van der Waals surface area contributed by atoms with Crippen LogP contribution in [-0.4, -0.2) is 37.7 Å². The number of nitrogens with zero attached hydrogens (tertiary/aromatic N) is 12. The maximum Gasteiger partial charge on any atom is 0.297 e. The summed E-state index contributed by atoms with van der Waals surface area (Å²) >= 11 is 0. The van der Waals surface area contributed by atoms with Gasteiger partial charge in [-0.25, -0.2) is 18.3 Å². The van der Waals surface area contributed by atoms with Crippen molar-refractivity contribution < 1.29 is 18.1 Å². The molecule has 0 radical (unpaired) electrons. The largest absolute Gasteiger partial charge is 0.297 e. The zero-order valence-corrected chi connectivity index (χ0v) is 65.5. The summed E-state index contributed by atoms with van der Waals surface area (Å²) in [7, 11) is 8.68. The Labute approximate surface area is 630 Å². The number of hydrogen-bond donors (Lipinski definition) is 0. The molecule has 0 aliphatic heterocycles. The number of benzene rings is 8. The van der Waals surface area contributed by atoms with E-state index in [-0.39, 0.29) is 0 Å². The van der Waals surface area contributed by atoms with E-state index in [4.69, 9.17) is 19.9 Å². The Morgan fingerprint density at radius 1 is 0.306 bits per heavy atom. The first kappa shape index (κ1) is 69.3. The van der Waals surface area contributed by atoms with Crippen molar-refractivity contribution in [3.05, 3.63) is 261 Å². The molecule has 0 atom stereocenters. The van der Waals surface area contributed by atoms with Gasteiger partial charge in [-0.15, -0.1) is 0 Å². The average molecular weight is 1420 g/mol. The Hall–Kier alpha value is -11.8. The summed E-state index contributed by atoms with van der Waals surface area (Å²) in [5, 5.41) is 10.1. The van der Waals surface area contributed by atoms with Crippen molar-refractivity contribution in [2.24, 2.45) is 28.2 Å². The highest BCUT2D eigenvalue weighted by atomic mass is 15.1. The van der Waals surface area contributed by atoms with E-state index in [0.29, 0.717) is 0 Å². The van der Waals surface area contributed by atoms with Crippen molar-refractivity contribution in [3.8, 4) is 0 Å². The van der Waals surface area contributed by atoms with Crippen LogP contribution in [0.3, 0.4) is 0 Å². The molecule has 20 aromatic rings. The molecule has 0 fully saturated rings. The van der Waals surface area contributed by atoms with Gasteiger partial charge < -0.3 is 0 Å². The lowest BCUT2D eigenvalue weighted by Crippen LogP contribution is -2.27. The monoisotopic (exact) mass is 1420 g/mol. The molecule has 8 aromatic carbocycles. The zero-order chi connectivity index (χ0) is 74.8. The van der Waals surface area contributed by atoms with Crippen molar-refractivity contribution in [1.29, 1.82) is 0 Å². The van der Waals surface area contributed by atoms with Crippen molar-refractivity contribution >= 4 is 154 Å². The Morgan fingerprint density at radius 2 is 0.759 bits per heavy atom. The lowest BCUT2D eigenvalue weighted by molar-refractivity contribution is -0.617. The van der Waals surface area contributed by atoms with Crippen LogP contribution in [0.4, 0.5) is 0 Å². The van der Waals surface area contributed by atoms with Gasteiger partial charge in [0.05, 0.1) is 82.6 Å². The fourth-order valence-corrected chi connectivity index (χ4v) is 18.1. The number of aromatic nitrogens is 12. The van der Waals surface area contributed by atoms with Gasteiger partial charge >= 0.3 is 0 Å². The lowest BCUT2D eigenvalue weighted by atomic mass is 9.95. The Kier molecular flexibility index (Phi) is 17.5. The van der Waals surface area contributed by atoms with Crippen LogP contribution in [0.1, 0.15) is 122 Å². The SMILES string of the molecule is CCc1cc(CC)c2c3nccc(C)c3c3n(c2c1)c1ccccc1[n+]3C.CCc1ccc2c(c1)n(C)c1c3c(C)cc(CC)nc3c3ccccc3[n+]21.CCc1ccc2c(c1)n1c3ccccc3c3nc(CC)cc(C)c3c1[n+]2C.CCc1ccc2c(c1CC)c1nccc(C)c1c1n2c2ccccc2[n+]1C. The molecule has 0 bridgehead atoms. The molecule has 0 aliphatic rings. The molecule has 0 spiro atoms. The van der Waals surface area contributed by atoms with Gasteiger partial charge in [-0.1, -0.05) is 128 Å². The van der Waals surface area contributed by atoms with Crippen LogP contribution in [0.25, 0.3) is 154 Å². The third-order valence-electron chi connectivity index (χ3n) is 23.6. The van der Waals surface area contributed by atoms with E-state index in [2.05, 4.69) is 329 Å². The zero-order valence-electron chi connectivity index (χ0n) is 65.5. The van der Waals surface area contributed by atoms with E-state index in [1.54, 1.807) is 0 Å². The minimum absolute atomic E-state index is 0.950. The van der Waals surface area contributed by atoms with Gasteiger partial charge in [0.2, 0.25) is 0 Å². The van der Waals surface area contributed by atoms with E-state index in [1.165, 1.54) is 188 Å². The van der Waals surface area contributed by atoms with E-state index < -0.39 is 0 Å². The van der Waals surface area contributed by atoms with Crippen molar-refractivity contribution in [2.45, 2.75) is 134 Å². The first-order chi connectivity index (χ1) is 52.6.